The summed E-state index contributed by atoms with van der Waals surface area (Å²) in [5, 5.41) is 2.80. The lowest BCUT2D eigenvalue weighted by atomic mass is 10.1. The molecule has 1 aromatic carbocycles. The highest BCUT2D eigenvalue weighted by molar-refractivity contribution is 9.09. The first-order valence-electron chi connectivity index (χ1n) is 5.56. The molecule has 94 valence electrons. The molecule has 0 fully saturated rings. The van der Waals surface area contributed by atoms with Crippen LogP contribution in [0.5, 0.6) is 0 Å². The number of nitrogens with zero attached hydrogens (tertiary/aromatic N) is 1. The van der Waals surface area contributed by atoms with Crippen molar-refractivity contribution in [2.75, 3.05) is 6.54 Å². The summed E-state index contributed by atoms with van der Waals surface area (Å²) in [6, 6.07) is 9.90. The van der Waals surface area contributed by atoms with Crippen molar-refractivity contribution in [3.8, 4) is 0 Å². The van der Waals surface area contributed by atoms with E-state index in [1.807, 2.05) is 30.3 Å². The first-order chi connectivity index (χ1) is 8.68. The highest BCUT2D eigenvalue weighted by Gasteiger charge is 2.15. The predicted octanol–water partition coefficient (Wildman–Crippen LogP) is 2.85. The maximum atomic E-state index is 11.8. The summed E-state index contributed by atoms with van der Waals surface area (Å²) < 4.78 is 5.03. The van der Waals surface area contributed by atoms with Crippen LogP contribution in [0.3, 0.4) is 0 Å². The predicted molar refractivity (Wildman–Crippen MR) is 71.7 cm³/mol. The molecule has 18 heavy (non-hydrogen) atoms. The van der Waals surface area contributed by atoms with Crippen LogP contribution in [0.25, 0.3) is 0 Å². The number of benzene rings is 1. The number of oxazole rings is 1. The van der Waals surface area contributed by atoms with Crippen LogP contribution in [-0.2, 0) is 0 Å². The van der Waals surface area contributed by atoms with Crippen molar-refractivity contribution in [1.82, 2.24) is 10.3 Å². The molecule has 1 atom stereocenters. The summed E-state index contributed by atoms with van der Waals surface area (Å²) in [5.74, 6) is 0.0214. The topological polar surface area (TPSA) is 55.1 Å². The second-order valence-electron chi connectivity index (χ2n) is 3.86. The van der Waals surface area contributed by atoms with Gasteiger partial charge in [-0.3, -0.25) is 4.79 Å². The van der Waals surface area contributed by atoms with Gasteiger partial charge in [0.05, 0.1) is 10.5 Å². The lowest BCUT2D eigenvalue weighted by molar-refractivity contribution is 0.0925. The minimum atomic E-state index is -0.245. The Bertz CT molecular complexity index is 525. The van der Waals surface area contributed by atoms with Gasteiger partial charge in [-0.05, 0) is 12.5 Å². The molecule has 5 heteroatoms. The molecule has 0 aliphatic heterocycles. The summed E-state index contributed by atoms with van der Waals surface area (Å²) >= 11 is 3.54. The molecule has 0 aliphatic carbocycles. The standard InChI is InChI=1S/C13H13BrN2O2/c1-9-12(18-8-16-9)13(17)15-7-11(14)10-5-3-2-4-6-10/h2-6,8,11H,7H2,1H3,(H,15,17). The average Bonchev–Trinajstić information content (AvgIpc) is 2.83. The van der Waals surface area contributed by atoms with Crippen molar-refractivity contribution in [3.05, 3.63) is 53.7 Å². The zero-order valence-corrected chi connectivity index (χ0v) is 11.5. The molecule has 1 N–H and O–H groups in total. The second-order valence-corrected chi connectivity index (χ2v) is 4.96. The second kappa shape index (κ2) is 5.82. The normalized spacial score (nSPS) is 12.1. The molecular formula is C13H13BrN2O2. The number of rotatable bonds is 4. The van der Waals surface area contributed by atoms with Crippen molar-refractivity contribution in [2.45, 2.75) is 11.8 Å². The molecule has 0 aliphatic rings. The van der Waals surface area contributed by atoms with Crippen LogP contribution in [0.15, 0.2) is 41.1 Å². The summed E-state index contributed by atoms with van der Waals surface area (Å²) in [7, 11) is 0. The fourth-order valence-corrected chi connectivity index (χ4v) is 2.03. The minimum absolute atomic E-state index is 0.0749. The van der Waals surface area contributed by atoms with E-state index in [4.69, 9.17) is 4.42 Å². The fraction of sp³-hybridized carbons (Fsp3) is 0.231. The highest BCUT2D eigenvalue weighted by atomic mass is 79.9. The van der Waals surface area contributed by atoms with Crippen LogP contribution >= 0.6 is 15.9 Å². The Kier molecular flexibility index (Phi) is 4.15. The van der Waals surface area contributed by atoms with Gasteiger partial charge in [0.25, 0.3) is 5.91 Å². The van der Waals surface area contributed by atoms with Crippen LogP contribution in [0.1, 0.15) is 26.6 Å². The van der Waals surface area contributed by atoms with E-state index in [0.29, 0.717) is 12.2 Å². The van der Waals surface area contributed by atoms with Gasteiger partial charge in [0, 0.05) is 6.54 Å². The maximum absolute atomic E-state index is 11.8. The largest absolute Gasteiger partial charge is 0.438 e. The molecule has 1 unspecified atom stereocenters. The van der Waals surface area contributed by atoms with E-state index in [9.17, 15) is 4.79 Å². The van der Waals surface area contributed by atoms with Crippen molar-refractivity contribution in [1.29, 1.82) is 0 Å². The van der Waals surface area contributed by atoms with Gasteiger partial charge in [0.15, 0.2) is 6.39 Å². The number of carbonyl (C=O) groups is 1. The van der Waals surface area contributed by atoms with Gasteiger partial charge in [-0.15, -0.1) is 0 Å². The van der Waals surface area contributed by atoms with Crippen LogP contribution in [0.2, 0.25) is 0 Å². The van der Waals surface area contributed by atoms with E-state index < -0.39 is 0 Å². The third kappa shape index (κ3) is 2.98. The smallest absolute Gasteiger partial charge is 0.289 e. The molecule has 0 saturated carbocycles. The first kappa shape index (κ1) is 12.8. The van der Waals surface area contributed by atoms with Crippen molar-refractivity contribution in [2.24, 2.45) is 0 Å². The number of amides is 1. The Labute approximate surface area is 114 Å². The Morgan fingerprint density at radius 3 is 2.78 bits per heavy atom. The third-order valence-electron chi connectivity index (χ3n) is 2.55. The lowest BCUT2D eigenvalue weighted by Gasteiger charge is -2.10. The van der Waals surface area contributed by atoms with Gasteiger partial charge in [-0.1, -0.05) is 46.3 Å². The van der Waals surface area contributed by atoms with Crippen molar-refractivity contribution >= 4 is 21.8 Å². The van der Waals surface area contributed by atoms with E-state index >= 15 is 0 Å². The van der Waals surface area contributed by atoms with Gasteiger partial charge >= 0.3 is 0 Å². The number of nitrogens with one attached hydrogen (secondary N) is 1. The quantitative estimate of drug-likeness (QED) is 0.884. The number of carbonyl (C=O) groups excluding carboxylic acids is 1. The maximum Gasteiger partial charge on any atom is 0.289 e. The molecule has 1 amide bonds. The number of aryl methyl sites for hydroxylation is 1. The van der Waals surface area contributed by atoms with E-state index in [0.717, 1.165) is 5.56 Å². The molecule has 0 radical (unpaired) electrons. The average molecular weight is 309 g/mol. The van der Waals surface area contributed by atoms with Crippen LogP contribution in [-0.4, -0.2) is 17.4 Å². The molecule has 1 heterocycles. The van der Waals surface area contributed by atoms with Gasteiger partial charge in [0.2, 0.25) is 5.76 Å². The van der Waals surface area contributed by atoms with Gasteiger partial charge < -0.3 is 9.73 Å². The molecule has 2 aromatic rings. The third-order valence-corrected chi connectivity index (χ3v) is 3.41. The van der Waals surface area contributed by atoms with E-state index in [1.54, 1.807) is 6.92 Å². The lowest BCUT2D eigenvalue weighted by Crippen LogP contribution is -2.26. The number of aromatic nitrogens is 1. The summed E-state index contributed by atoms with van der Waals surface area (Å²) in [6.07, 6.45) is 1.27. The number of hydrogen-bond donors (Lipinski definition) is 1. The van der Waals surface area contributed by atoms with Crippen LogP contribution in [0.4, 0.5) is 0 Å². The number of halogens is 1. The molecule has 0 saturated heterocycles. The fourth-order valence-electron chi connectivity index (χ4n) is 1.56. The van der Waals surface area contributed by atoms with E-state index in [1.165, 1.54) is 6.39 Å². The summed E-state index contributed by atoms with van der Waals surface area (Å²) in [6.45, 7) is 2.23. The molecule has 0 spiro atoms. The zero-order valence-electron chi connectivity index (χ0n) is 9.89. The van der Waals surface area contributed by atoms with Crippen LogP contribution in [0, 0.1) is 6.92 Å². The molecular weight excluding hydrogens is 296 g/mol. The van der Waals surface area contributed by atoms with Gasteiger partial charge in [0.1, 0.15) is 0 Å². The summed E-state index contributed by atoms with van der Waals surface area (Å²) in [4.78, 5) is 15.8. The molecule has 1 aromatic heterocycles. The molecule has 2 rings (SSSR count). The minimum Gasteiger partial charge on any atom is -0.438 e. The van der Waals surface area contributed by atoms with Crippen molar-refractivity contribution < 1.29 is 9.21 Å². The molecule has 0 bridgehead atoms. The van der Waals surface area contributed by atoms with Gasteiger partial charge in [-0.25, -0.2) is 4.98 Å². The zero-order chi connectivity index (χ0) is 13.0. The Balaban J connectivity index is 1.93. The van der Waals surface area contributed by atoms with Crippen LogP contribution < -0.4 is 5.32 Å². The Morgan fingerprint density at radius 2 is 2.17 bits per heavy atom. The SMILES string of the molecule is Cc1ncoc1C(=O)NCC(Br)c1ccccc1. The highest BCUT2D eigenvalue weighted by Crippen LogP contribution is 2.21. The number of hydrogen-bond acceptors (Lipinski definition) is 3. The van der Waals surface area contributed by atoms with E-state index in [2.05, 4.69) is 26.2 Å². The Hall–Kier alpha value is -1.62. The Morgan fingerprint density at radius 1 is 1.44 bits per heavy atom. The van der Waals surface area contributed by atoms with E-state index in [-0.39, 0.29) is 16.5 Å². The number of alkyl halides is 1. The monoisotopic (exact) mass is 308 g/mol. The molecule has 4 nitrogen and oxygen atoms in total. The van der Waals surface area contributed by atoms with Gasteiger partial charge in [-0.2, -0.15) is 0 Å². The first-order valence-corrected chi connectivity index (χ1v) is 6.47. The summed E-state index contributed by atoms with van der Waals surface area (Å²) in [5.41, 5.74) is 1.71. The van der Waals surface area contributed by atoms with Crippen molar-refractivity contribution in [3.63, 3.8) is 0 Å².